The lowest BCUT2D eigenvalue weighted by atomic mass is 10.2. The molecule has 2 N–H and O–H groups in total. The van der Waals surface area contributed by atoms with Gasteiger partial charge in [0.2, 0.25) is 15.9 Å². The minimum Gasteiger partial charge on any atom is -0.475 e. The zero-order valence-electron chi connectivity index (χ0n) is 19.7. The van der Waals surface area contributed by atoms with Crippen LogP contribution in [0.2, 0.25) is 5.02 Å². The van der Waals surface area contributed by atoms with Gasteiger partial charge in [0.1, 0.15) is 0 Å². The lowest BCUT2D eigenvalue weighted by Crippen LogP contribution is -2.50. The molecule has 0 bridgehead atoms. The van der Waals surface area contributed by atoms with Gasteiger partial charge in [-0.15, -0.1) is 0 Å². The molecule has 2 aromatic carbocycles. The van der Waals surface area contributed by atoms with Crippen LogP contribution in [0.3, 0.4) is 0 Å². The summed E-state index contributed by atoms with van der Waals surface area (Å²) in [6.07, 6.45) is -5.08. The summed E-state index contributed by atoms with van der Waals surface area (Å²) in [6, 6.07) is 12.3. The molecular formula is C23H27ClF3N3O5S. The molecule has 1 saturated heterocycles. The number of hydrogen-bond acceptors (Lipinski definition) is 5. The Balaban J connectivity index is 0.000000572. The van der Waals surface area contributed by atoms with E-state index in [0.29, 0.717) is 42.3 Å². The van der Waals surface area contributed by atoms with E-state index in [1.54, 1.807) is 48.2 Å². The van der Waals surface area contributed by atoms with E-state index < -0.39 is 22.2 Å². The SMILES string of the molecule is Cc1ccc(S(=O)(=O)N(CC(=O)N2CCNCC2)Cc2ccccc2Cl)c(C)c1.O=C(O)C(F)(F)F. The van der Waals surface area contributed by atoms with Gasteiger partial charge in [-0.2, -0.15) is 17.5 Å². The number of aryl methyl sites for hydroxylation is 2. The highest BCUT2D eigenvalue weighted by Crippen LogP contribution is 2.25. The van der Waals surface area contributed by atoms with E-state index in [-0.39, 0.29) is 23.9 Å². The Hall–Kier alpha value is -2.67. The number of alkyl halides is 3. The average molecular weight is 550 g/mol. The van der Waals surface area contributed by atoms with Gasteiger partial charge in [-0.3, -0.25) is 4.79 Å². The van der Waals surface area contributed by atoms with Gasteiger partial charge in [0.05, 0.1) is 11.4 Å². The molecule has 0 aromatic heterocycles. The molecule has 1 heterocycles. The second-order valence-corrected chi connectivity index (χ2v) is 10.4. The Morgan fingerprint density at radius 3 is 2.22 bits per heavy atom. The van der Waals surface area contributed by atoms with Crippen LogP contribution < -0.4 is 5.32 Å². The van der Waals surface area contributed by atoms with Gasteiger partial charge >= 0.3 is 12.1 Å². The lowest BCUT2D eigenvalue weighted by molar-refractivity contribution is -0.192. The highest BCUT2D eigenvalue weighted by atomic mass is 35.5. The summed E-state index contributed by atoms with van der Waals surface area (Å²) in [6.45, 7) is 6.06. The van der Waals surface area contributed by atoms with Crippen molar-refractivity contribution in [1.29, 1.82) is 0 Å². The highest BCUT2D eigenvalue weighted by molar-refractivity contribution is 7.89. The molecule has 1 aliphatic heterocycles. The normalized spacial score (nSPS) is 14.2. The molecule has 0 atom stereocenters. The van der Waals surface area contributed by atoms with Crippen LogP contribution in [0.4, 0.5) is 13.2 Å². The van der Waals surface area contributed by atoms with Gasteiger partial charge in [0, 0.05) is 37.7 Å². The van der Waals surface area contributed by atoms with E-state index in [4.69, 9.17) is 21.5 Å². The Bertz CT molecular complexity index is 1190. The van der Waals surface area contributed by atoms with Gasteiger partial charge in [-0.05, 0) is 37.1 Å². The van der Waals surface area contributed by atoms with Crippen molar-refractivity contribution in [3.63, 3.8) is 0 Å². The number of carbonyl (C=O) groups is 2. The number of benzene rings is 2. The maximum Gasteiger partial charge on any atom is 0.490 e. The number of rotatable bonds is 6. The molecular weight excluding hydrogens is 523 g/mol. The van der Waals surface area contributed by atoms with Gasteiger partial charge in [-0.1, -0.05) is 47.5 Å². The Morgan fingerprint density at radius 2 is 1.69 bits per heavy atom. The maximum atomic E-state index is 13.5. The van der Waals surface area contributed by atoms with Crippen LogP contribution in [0.15, 0.2) is 47.4 Å². The first-order valence-corrected chi connectivity index (χ1v) is 12.6. The number of hydrogen-bond donors (Lipinski definition) is 2. The highest BCUT2D eigenvalue weighted by Gasteiger charge is 2.38. The van der Waals surface area contributed by atoms with Crippen LogP contribution in [-0.2, 0) is 26.2 Å². The van der Waals surface area contributed by atoms with E-state index in [0.717, 1.165) is 5.56 Å². The number of amides is 1. The number of carbonyl (C=O) groups excluding carboxylic acids is 1. The van der Waals surface area contributed by atoms with Crippen LogP contribution >= 0.6 is 11.6 Å². The molecule has 0 radical (unpaired) electrons. The second kappa shape index (κ2) is 12.5. The molecule has 3 rings (SSSR count). The Morgan fingerprint density at radius 1 is 1.11 bits per heavy atom. The van der Waals surface area contributed by atoms with E-state index in [2.05, 4.69) is 5.32 Å². The second-order valence-electron chi connectivity index (χ2n) is 8.07. The molecule has 1 amide bonds. The first-order chi connectivity index (χ1) is 16.7. The molecule has 2 aromatic rings. The van der Waals surface area contributed by atoms with Crippen LogP contribution in [0, 0.1) is 13.8 Å². The summed E-state index contributed by atoms with van der Waals surface area (Å²) < 4.78 is 60.0. The van der Waals surface area contributed by atoms with Gasteiger partial charge in [0.15, 0.2) is 0 Å². The van der Waals surface area contributed by atoms with E-state index in [9.17, 15) is 26.4 Å². The summed E-state index contributed by atoms with van der Waals surface area (Å²) in [7, 11) is -3.89. The van der Waals surface area contributed by atoms with Crippen LogP contribution in [0.5, 0.6) is 0 Å². The van der Waals surface area contributed by atoms with Gasteiger partial charge < -0.3 is 15.3 Å². The van der Waals surface area contributed by atoms with Crippen LogP contribution in [0.25, 0.3) is 0 Å². The zero-order valence-corrected chi connectivity index (χ0v) is 21.3. The molecule has 0 aliphatic carbocycles. The van der Waals surface area contributed by atoms with Gasteiger partial charge in [0.25, 0.3) is 0 Å². The fourth-order valence-electron chi connectivity index (χ4n) is 3.44. The summed E-state index contributed by atoms with van der Waals surface area (Å²) in [4.78, 5) is 23.7. The largest absolute Gasteiger partial charge is 0.490 e. The van der Waals surface area contributed by atoms with E-state index in [1.165, 1.54) is 4.31 Å². The molecule has 8 nitrogen and oxygen atoms in total. The van der Waals surface area contributed by atoms with Crippen molar-refractivity contribution in [1.82, 2.24) is 14.5 Å². The first-order valence-electron chi connectivity index (χ1n) is 10.8. The predicted octanol–water partition coefficient (Wildman–Crippen LogP) is 3.21. The third-order valence-corrected chi connectivity index (χ3v) is 7.60. The molecule has 1 aliphatic rings. The monoisotopic (exact) mass is 549 g/mol. The average Bonchev–Trinajstić information content (AvgIpc) is 2.80. The minimum atomic E-state index is -5.08. The maximum absolute atomic E-state index is 13.5. The topological polar surface area (TPSA) is 107 Å². The van der Waals surface area contributed by atoms with Gasteiger partial charge in [-0.25, -0.2) is 13.2 Å². The number of aliphatic carboxylic acids is 1. The van der Waals surface area contributed by atoms with Crippen molar-refractivity contribution < 1.29 is 36.3 Å². The Kier molecular flexibility index (Phi) is 10.3. The zero-order chi connectivity index (χ0) is 27.1. The van der Waals surface area contributed by atoms with Crippen molar-refractivity contribution in [3.8, 4) is 0 Å². The van der Waals surface area contributed by atoms with E-state index >= 15 is 0 Å². The van der Waals surface area contributed by atoms with E-state index in [1.807, 2.05) is 13.0 Å². The number of halogens is 4. The number of nitrogens with zero attached hydrogens (tertiary/aromatic N) is 2. The van der Waals surface area contributed by atoms with Crippen molar-refractivity contribution in [2.45, 2.75) is 31.5 Å². The number of carboxylic acid groups (broad SMARTS) is 1. The minimum absolute atomic E-state index is 0.0349. The third-order valence-electron chi connectivity index (χ3n) is 5.28. The van der Waals surface area contributed by atoms with Crippen molar-refractivity contribution in [2.75, 3.05) is 32.7 Å². The number of carboxylic acids is 1. The lowest BCUT2D eigenvalue weighted by Gasteiger charge is -2.30. The molecule has 36 heavy (non-hydrogen) atoms. The summed E-state index contributed by atoms with van der Waals surface area (Å²) >= 11 is 6.28. The summed E-state index contributed by atoms with van der Waals surface area (Å²) in [5.41, 5.74) is 2.30. The van der Waals surface area contributed by atoms with Crippen molar-refractivity contribution in [3.05, 3.63) is 64.2 Å². The quantitative estimate of drug-likeness (QED) is 0.573. The molecule has 0 unspecified atom stereocenters. The molecule has 1 fully saturated rings. The third kappa shape index (κ3) is 8.19. The summed E-state index contributed by atoms with van der Waals surface area (Å²) in [5.74, 6) is -2.96. The number of piperazine rings is 1. The first kappa shape index (κ1) is 29.6. The molecule has 0 saturated carbocycles. The fraction of sp³-hybridized carbons (Fsp3) is 0.391. The van der Waals surface area contributed by atoms with Crippen LogP contribution in [0.1, 0.15) is 16.7 Å². The summed E-state index contributed by atoms with van der Waals surface area (Å²) in [5, 5.41) is 10.8. The predicted molar refractivity (Wildman–Crippen MR) is 128 cm³/mol. The number of nitrogens with one attached hydrogen (secondary N) is 1. The molecule has 13 heteroatoms. The Labute approximate surface area is 212 Å². The standard InChI is InChI=1S/C21H26ClN3O3S.C2HF3O2/c1-16-7-8-20(17(2)13-16)29(27,28)25(14-18-5-3-4-6-19(18)22)15-21(26)24-11-9-23-10-12-24;3-2(4,5)1(6)7/h3-8,13,23H,9-12,14-15H2,1-2H3;(H,6,7). The van der Waals surface area contributed by atoms with Crippen molar-refractivity contribution >= 4 is 33.5 Å². The van der Waals surface area contributed by atoms with Crippen molar-refractivity contribution in [2.24, 2.45) is 0 Å². The smallest absolute Gasteiger partial charge is 0.475 e. The molecule has 198 valence electrons. The molecule has 0 spiro atoms. The van der Waals surface area contributed by atoms with Crippen LogP contribution in [-0.4, -0.2) is 73.5 Å². The fourth-order valence-corrected chi connectivity index (χ4v) is 5.20. The number of sulfonamides is 1.